The van der Waals surface area contributed by atoms with Crippen LogP contribution < -0.4 is 5.73 Å². The van der Waals surface area contributed by atoms with Gasteiger partial charge < -0.3 is 15.6 Å². The second-order valence-corrected chi connectivity index (χ2v) is 3.97. The van der Waals surface area contributed by atoms with E-state index < -0.39 is 17.9 Å². The molecule has 0 fully saturated rings. The van der Waals surface area contributed by atoms with Crippen molar-refractivity contribution in [1.29, 1.82) is 0 Å². The number of anilines is 1. The average Bonchev–Trinajstić information content (AvgIpc) is 2.22. The van der Waals surface area contributed by atoms with E-state index in [1.165, 1.54) is 19.1 Å². The van der Waals surface area contributed by atoms with E-state index in [4.69, 9.17) is 15.6 Å². The van der Waals surface area contributed by atoms with Crippen molar-refractivity contribution in [3.8, 4) is 0 Å². The molecule has 1 aromatic carbocycles. The third kappa shape index (κ3) is 3.71. The summed E-state index contributed by atoms with van der Waals surface area (Å²) in [6, 6.07) is 2.69. The van der Waals surface area contributed by atoms with Gasteiger partial charge in [-0.25, -0.2) is 9.18 Å². The lowest BCUT2D eigenvalue weighted by atomic mass is 10.1. The Balaban J connectivity index is 2.75. The summed E-state index contributed by atoms with van der Waals surface area (Å²) in [7, 11) is 0. The fraction of sp³-hybridized carbons (Fsp3) is 0.417. The van der Waals surface area contributed by atoms with Gasteiger partial charge in [0.15, 0.2) is 0 Å². The van der Waals surface area contributed by atoms with Gasteiger partial charge in [0.1, 0.15) is 5.82 Å². The maximum atomic E-state index is 13.6. The van der Waals surface area contributed by atoms with E-state index in [-0.39, 0.29) is 12.2 Å². The van der Waals surface area contributed by atoms with Gasteiger partial charge in [-0.05, 0) is 31.5 Å². The minimum Gasteiger partial charge on any atom is -0.462 e. The normalized spacial score (nSPS) is 12.2. The molecule has 94 valence electrons. The molecule has 0 amide bonds. The Kier molecular flexibility index (Phi) is 4.45. The van der Waals surface area contributed by atoms with Gasteiger partial charge in [0, 0.05) is 12.1 Å². The lowest BCUT2D eigenvalue weighted by Gasteiger charge is -2.09. The molecule has 0 heterocycles. The van der Waals surface area contributed by atoms with E-state index >= 15 is 0 Å². The smallest absolute Gasteiger partial charge is 0.341 e. The van der Waals surface area contributed by atoms with Crippen molar-refractivity contribution in [2.45, 2.75) is 26.4 Å². The Labute approximate surface area is 99.2 Å². The van der Waals surface area contributed by atoms with Crippen LogP contribution in [-0.2, 0) is 4.74 Å². The van der Waals surface area contributed by atoms with Crippen LogP contribution >= 0.6 is 0 Å². The summed E-state index contributed by atoms with van der Waals surface area (Å²) in [4.78, 5) is 11.6. The number of aryl methyl sites for hydroxylation is 1. The fourth-order valence-electron chi connectivity index (χ4n) is 1.35. The van der Waals surface area contributed by atoms with Crippen LogP contribution in [0.15, 0.2) is 12.1 Å². The maximum Gasteiger partial charge on any atom is 0.341 e. The monoisotopic (exact) mass is 241 g/mol. The van der Waals surface area contributed by atoms with E-state index in [9.17, 15) is 9.18 Å². The van der Waals surface area contributed by atoms with Gasteiger partial charge in [0.2, 0.25) is 0 Å². The first-order valence-corrected chi connectivity index (χ1v) is 5.32. The highest BCUT2D eigenvalue weighted by Crippen LogP contribution is 2.18. The minimum absolute atomic E-state index is 0.0454. The van der Waals surface area contributed by atoms with E-state index in [2.05, 4.69) is 0 Å². The van der Waals surface area contributed by atoms with Crippen LogP contribution in [0.3, 0.4) is 0 Å². The molecule has 0 spiro atoms. The first kappa shape index (κ1) is 13.4. The van der Waals surface area contributed by atoms with Crippen LogP contribution in [0.4, 0.5) is 10.1 Å². The van der Waals surface area contributed by atoms with Gasteiger partial charge in [-0.2, -0.15) is 0 Å². The Morgan fingerprint density at radius 3 is 2.82 bits per heavy atom. The van der Waals surface area contributed by atoms with Crippen LogP contribution in [0.5, 0.6) is 0 Å². The zero-order valence-corrected chi connectivity index (χ0v) is 9.87. The molecule has 0 radical (unpaired) electrons. The number of carbonyl (C=O) groups is 1. The van der Waals surface area contributed by atoms with Crippen molar-refractivity contribution in [3.05, 3.63) is 29.1 Å². The zero-order chi connectivity index (χ0) is 13.0. The molecule has 1 rings (SSSR count). The van der Waals surface area contributed by atoms with Crippen molar-refractivity contribution in [3.63, 3.8) is 0 Å². The fourth-order valence-corrected chi connectivity index (χ4v) is 1.35. The van der Waals surface area contributed by atoms with Gasteiger partial charge in [-0.1, -0.05) is 0 Å². The number of benzene rings is 1. The van der Waals surface area contributed by atoms with Crippen molar-refractivity contribution in [1.82, 2.24) is 0 Å². The second-order valence-electron chi connectivity index (χ2n) is 3.97. The standard InChI is InChI=1S/C12H16FNO3/c1-7-5-9(14)6-10(11(7)13)12(16)17-4-3-8(2)15/h5-6,8,15H,3-4,14H2,1-2H3. The molecule has 1 aromatic rings. The predicted octanol–water partition coefficient (Wildman–Crippen LogP) is 1.64. The average molecular weight is 241 g/mol. The highest BCUT2D eigenvalue weighted by molar-refractivity contribution is 5.91. The highest BCUT2D eigenvalue weighted by atomic mass is 19.1. The van der Waals surface area contributed by atoms with E-state index in [1.54, 1.807) is 6.92 Å². The van der Waals surface area contributed by atoms with Gasteiger partial charge >= 0.3 is 5.97 Å². The second kappa shape index (κ2) is 5.63. The summed E-state index contributed by atoms with van der Waals surface area (Å²) in [6.07, 6.45) is -0.246. The third-order valence-corrected chi connectivity index (χ3v) is 2.27. The maximum absolute atomic E-state index is 13.6. The summed E-state index contributed by atoms with van der Waals surface area (Å²) in [5.74, 6) is -1.39. The number of aliphatic hydroxyl groups excluding tert-OH is 1. The molecule has 0 bridgehead atoms. The largest absolute Gasteiger partial charge is 0.462 e. The third-order valence-electron chi connectivity index (χ3n) is 2.27. The van der Waals surface area contributed by atoms with Crippen molar-refractivity contribution in [2.75, 3.05) is 12.3 Å². The number of esters is 1. The Morgan fingerprint density at radius 2 is 2.24 bits per heavy atom. The van der Waals surface area contributed by atoms with Crippen LogP contribution in [-0.4, -0.2) is 23.8 Å². The lowest BCUT2D eigenvalue weighted by molar-refractivity contribution is 0.0439. The number of halogens is 1. The highest BCUT2D eigenvalue weighted by Gasteiger charge is 2.16. The molecule has 0 aromatic heterocycles. The molecule has 17 heavy (non-hydrogen) atoms. The number of ether oxygens (including phenoxy) is 1. The molecular weight excluding hydrogens is 225 g/mol. The van der Waals surface area contributed by atoms with E-state index in [1.807, 2.05) is 0 Å². The number of nitrogens with two attached hydrogens (primary N) is 1. The zero-order valence-electron chi connectivity index (χ0n) is 9.87. The molecule has 1 unspecified atom stereocenters. The Hall–Kier alpha value is -1.62. The number of carbonyl (C=O) groups excluding carboxylic acids is 1. The van der Waals surface area contributed by atoms with Crippen molar-refractivity contribution >= 4 is 11.7 Å². The lowest BCUT2D eigenvalue weighted by Crippen LogP contribution is -2.13. The van der Waals surface area contributed by atoms with Crippen LogP contribution in [0.1, 0.15) is 29.3 Å². The summed E-state index contributed by atoms with van der Waals surface area (Å²) < 4.78 is 18.4. The van der Waals surface area contributed by atoms with Crippen LogP contribution in [0, 0.1) is 12.7 Å². The van der Waals surface area contributed by atoms with Crippen LogP contribution in [0.25, 0.3) is 0 Å². The van der Waals surface area contributed by atoms with Crippen LogP contribution in [0.2, 0.25) is 0 Å². The topological polar surface area (TPSA) is 72.6 Å². The molecule has 4 nitrogen and oxygen atoms in total. The number of aliphatic hydroxyl groups is 1. The molecule has 1 atom stereocenters. The number of hydrogen-bond acceptors (Lipinski definition) is 4. The quantitative estimate of drug-likeness (QED) is 0.621. The van der Waals surface area contributed by atoms with Crippen molar-refractivity contribution < 1.29 is 19.0 Å². The predicted molar refractivity (Wildman–Crippen MR) is 62.1 cm³/mol. The molecule has 0 aliphatic carbocycles. The molecule has 0 aliphatic rings. The Morgan fingerprint density at radius 1 is 1.59 bits per heavy atom. The summed E-state index contributed by atoms with van der Waals surface area (Å²) in [6.45, 7) is 3.15. The number of nitrogen functional groups attached to an aromatic ring is 1. The Bertz CT molecular complexity index is 418. The molecule has 0 saturated carbocycles. The molecule has 0 saturated heterocycles. The van der Waals surface area contributed by atoms with Crippen molar-refractivity contribution in [2.24, 2.45) is 0 Å². The van der Waals surface area contributed by atoms with E-state index in [0.29, 0.717) is 17.7 Å². The summed E-state index contributed by atoms with van der Waals surface area (Å²) in [5, 5.41) is 8.99. The number of hydrogen-bond donors (Lipinski definition) is 2. The summed E-state index contributed by atoms with van der Waals surface area (Å²) in [5.41, 5.74) is 5.97. The molecule has 3 N–H and O–H groups in total. The molecule has 5 heteroatoms. The summed E-state index contributed by atoms with van der Waals surface area (Å²) >= 11 is 0. The number of rotatable bonds is 4. The van der Waals surface area contributed by atoms with Gasteiger partial charge in [-0.3, -0.25) is 0 Å². The van der Waals surface area contributed by atoms with Gasteiger partial charge in [-0.15, -0.1) is 0 Å². The van der Waals surface area contributed by atoms with E-state index in [0.717, 1.165) is 0 Å². The first-order valence-electron chi connectivity index (χ1n) is 5.32. The minimum atomic E-state index is -0.765. The van der Waals surface area contributed by atoms with Gasteiger partial charge in [0.05, 0.1) is 18.3 Å². The first-order chi connectivity index (χ1) is 7.91. The molecule has 0 aliphatic heterocycles. The van der Waals surface area contributed by atoms with Gasteiger partial charge in [0.25, 0.3) is 0 Å². The SMILES string of the molecule is Cc1cc(N)cc(C(=O)OCCC(C)O)c1F. The molecular formula is C12H16FNO3.